The van der Waals surface area contributed by atoms with Crippen molar-refractivity contribution in [1.29, 1.82) is 0 Å². The number of allylic oxidation sites excluding steroid dienone is 2. The minimum absolute atomic E-state index is 0.0257. The first-order valence-electron chi connectivity index (χ1n) is 12.4. The molecule has 3 nitrogen and oxygen atoms in total. The van der Waals surface area contributed by atoms with E-state index in [9.17, 15) is 15.3 Å². The van der Waals surface area contributed by atoms with Gasteiger partial charge in [-0.1, -0.05) is 58.9 Å². The van der Waals surface area contributed by atoms with E-state index in [2.05, 4.69) is 53.3 Å². The number of benzene rings is 1. The van der Waals surface area contributed by atoms with Crippen LogP contribution >= 0.6 is 0 Å². The first kappa shape index (κ1) is 22.1. The van der Waals surface area contributed by atoms with Crippen LogP contribution < -0.4 is 10.4 Å². The molecule has 0 bridgehead atoms. The van der Waals surface area contributed by atoms with Gasteiger partial charge in [-0.15, -0.1) is 0 Å². The van der Waals surface area contributed by atoms with E-state index >= 15 is 0 Å². The van der Waals surface area contributed by atoms with E-state index in [0.29, 0.717) is 16.6 Å². The number of hydrogen-bond donors (Lipinski definition) is 3. The highest BCUT2D eigenvalue weighted by Crippen LogP contribution is 2.74. The molecular formula is C29H40O3. The Kier molecular flexibility index (Phi) is 4.44. The van der Waals surface area contributed by atoms with Crippen molar-refractivity contribution in [3.63, 3.8) is 0 Å². The summed E-state index contributed by atoms with van der Waals surface area (Å²) >= 11 is 0. The van der Waals surface area contributed by atoms with Crippen LogP contribution in [-0.2, 0) is 5.41 Å². The van der Waals surface area contributed by atoms with Crippen molar-refractivity contribution in [2.45, 2.75) is 85.0 Å². The Hall–Kier alpha value is -1.74. The van der Waals surface area contributed by atoms with Gasteiger partial charge in [0.05, 0.1) is 0 Å². The lowest BCUT2D eigenvalue weighted by atomic mass is 9.35. The molecule has 0 spiro atoms. The van der Waals surface area contributed by atoms with Crippen LogP contribution in [0.25, 0.3) is 12.7 Å². The second-order valence-corrected chi connectivity index (χ2v) is 12.9. The fourth-order valence-electron chi connectivity index (χ4n) is 8.58. The van der Waals surface area contributed by atoms with Gasteiger partial charge in [-0.2, -0.15) is 0 Å². The van der Waals surface area contributed by atoms with Gasteiger partial charge in [-0.05, 0) is 89.4 Å². The summed E-state index contributed by atoms with van der Waals surface area (Å²) in [5.41, 5.74) is 3.01. The SMILES string of the molecule is C=c1c(O)c(O)cc2c1=CC=C1[C@@]2(C)CC[C@@]2(C)[C@@H]3C[C@](C)(CO)CC[C@]3(C)CC[C@]12C. The molecule has 32 heavy (non-hydrogen) atoms. The third-order valence-corrected chi connectivity index (χ3v) is 11.2. The Morgan fingerprint density at radius 3 is 2.31 bits per heavy atom. The molecule has 3 heteroatoms. The van der Waals surface area contributed by atoms with Gasteiger partial charge in [0.2, 0.25) is 0 Å². The van der Waals surface area contributed by atoms with Crippen molar-refractivity contribution >= 4 is 12.7 Å². The number of aliphatic hydroxyl groups excluding tert-OH is 1. The van der Waals surface area contributed by atoms with Gasteiger partial charge >= 0.3 is 0 Å². The average molecular weight is 437 g/mol. The molecule has 4 aliphatic carbocycles. The van der Waals surface area contributed by atoms with Crippen molar-refractivity contribution in [3.8, 4) is 11.5 Å². The summed E-state index contributed by atoms with van der Waals surface area (Å²) in [5.74, 6) is 0.416. The molecule has 6 atom stereocenters. The van der Waals surface area contributed by atoms with E-state index < -0.39 is 0 Å². The molecule has 4 aliphatic rings. The summed E-state index contributed by atoms with van der Waals surface area (Å²) in [6.45, 7) is 16.5. The maximum absolute atomic E-state index is 10.4. The van der Waals surface area contributed by atoms with Crippen molar-refractivity contribution in [2.24, 2.45) is 27.6 Å². The third kappa shape index (κ3) is 2.52. The van der Waals surface area contributed by atoms with Crippen LogP contribution in [0.2, 0.25) is 0 Å². The first-order valence-corrected chi connectivity index (χ1v) is 12.4. The summed E-state index contributed by atoms with van der Waals surface area (Å²) in [6.07, 6.45) is 12.5. The van der Waals surface area contributed by atoms with Crippen molar-refractivity contribution in [3.05, 3.63) is 33.7 Å². The summed E-state index contributed by atoms with van der Waals surface area (Å²) in [5, 5.41) is 32.4. The summed E-state index contributed by atoms with van der Waals surface area (Å²) < 4.78 is 0. The molecule has 0 aromatic heterocycles. The normalized spacial score (nSPS) is 44.9. The van der Waals surface area contributed by atoms with Crippen molar-refractivity contribution in [2.75, 3.05) is 6.61 Å². The van der Waals surface area contributed by atoms with E-state index in [4.69, 9.17) is 0 Å². The van der Waals surface area contributed by atoms with Crippen LogP contribution in [0.15, 0.2) is 17.7 Å². The number of rotatable bonds is 1. The summed E-state index contributed by atoms with van der Waals surface area (Å²) in [4.78, 5) is 0. The molecular weight excluding hydrogens is 396 g/mol. The zero-order chi connectivity index (χ0) is 23.3. The standard InChI is InChI=1S/C29H40O3/c1-18-19-7-8-22-27(4,20(19)15-21(31)24(18)32)12-14-29(6)23-16-25(2,17-30)9-10-26(23,3)11-13-28(22,29)5/h7-8,15,23,30-32H,1,9-14,16-17H2,2-6H3/t23-,25-,26-,27+,28-,29+/m1/s1. The smallest absolute Gasteiger partial charge is 0.164 e. The lowest BCUT2D eigenvalue weighted by Crippen LogP contribution is -2.62. The molecule has 3 N–H and O–H groups in total. The van der Waals surface area contributed by atoms with Gasteiger partial charge in [0, 0.05) is 17.2 Å². The molecule has 5 rings (SSSR count). The van der Waals surface area contributed by atoms with Crippen molar-refractivity contribution in [1.82, 2.24) is 0 Å². The second kappa shape index (κ2) is 6.44. The topological polar surface area (TPSA) is 60.7 Å². The van der Waals surface area contributed by atoms with E-state index in [0.717, 1.165) is 36.5 Å². The summed E-state index contributed by atoms with van der Waals surface area (Å²) in [6, 6.07) is 1.78. The Morgan fingerprint density at radius 2 is 1.62 bits per heavy atom. The Balaban J connectivity index is 1.68. The number of aliphatic hydroxyl groups is 1. The van der Waals surface area contributed by atoms with Crippen LogP contribution in [-0.4, -0.2) is 21.9 Å². The van der Waals surface area contributed by atoms with Gasteiger partial charge in [0.1, 0.15) is 0 Å². The Morgan fingerprint density at radius 1 is 0.938 bits per heavy atom. The zero-order valence-electron chi connectivity index (χ0n) is 20.5. The molecule has 1 aromatic carbocycles. The number of phenols is 2. The number of fused-ring (bicyclic) bond motifs is 7. The molecule has 1 aromatic rings. The van der Waals surface area contributed by atoms with E-state index in [1.165, 1.54) is 24.8 Å². The maximum atomic E-state index is 10.4. The number of hydrogen-bond acceptors (Lipinski definition) is 3. The largest absolute Gasteiger partial charge is 0.504 e. The fraction of sp³-hybridized carbons (Fsp3) is 0.655. The predicted octanol–water partition coefficient (Wildman–Crippen LogP) is 4.89. The highest BCUT2D eigenvalue weighted by molar-refractivity contribution is 5.61. The van der Waals surface area contributed by atoms with Crippen LogP contribution in [0.1, 0.15) is 85.1 Å². The lowest BCUT2D eigenvalue weighted by Gasteiger charge is -2.69. The quantitative estimate of drug-likeness (QED) is 0.549. The third-order valence-electron chi connectivity index (χ3n) is 11.2. The monoisotopic (exact) mass is 436 g/mol. The van der Waals surface area contributed by atoms with E-state index in [1.54, 1.807) is 6.07 Å². The van der Waals surface area contributed by atoms with Gasteiger partial charge in [-0.25, -0.2) is 0 Å². The molecule has 0 heterocycles. The van der Waals surface area contributed by atoms with Gasteiger partial charge < -0.3 is 15.3 Å². The molecule has 174 valence electrons. The highest BCUT2D eigenvalue weighted by Gasteiger charge is 2.66. The minimum atomic E-state index is -0.168. The van der Waals surface area contributed by atoms with E-state index in [1.807, 2.05) is 0 Å². The zero-order valence-corrected chi connectivity index (χ0v) is 20.5. The van der Waals surface area contributed by atoms with Crippen LogP contribution in [0.3, 0.4) is 0 Å². The fourth-order valence-corrected chi connectivity index (χ4v) is 8.58. The summed E-state index contributed by atoms with van der Waals surface area (Å²) in [7, 11) is 0. The Bertz CT molecular complexity index is 1130. The first-order chi connectivity index (χ1) is 14.8. The van der Waals surface area contributed by atoms with Gasteiger partial charge in [0.15, 0.2) is 11.5 Å². The average Bonchev–Trinajstić information content (AvgIpc) is 2.76. The van der Waals surface area contributed by atoms with Gasteiger partial charge in [0.25, 0.3) is 0 Å². The molecule has 0 aliphatic heterocycles. The van der Waals surface area contributed by atoms with Crippen LogP contribution in [0.4, 0.5) is 0 Å². The van der Waals surface area contributed by atoms with Crippen molar-refractivity contribution < 1.29 is 15.3 Å². The molecule has 3 saturated carbocycles. The lowest BCUT2D eigenvalue weighted by molar-refractivity contribution is -0.163. The number of phenolic OH excluding ortho intramolecular Hbond substituents is 2. The maximum Gasteiger partial charge on any atom is 0.164 e. The molecule has 0 saturated heterocycles. The molecule has 3 fully saturated rings. The van der Waals surface area contributed by atoms with Crippen LogP contribution in [0.5, 0.6) is 11.5 Å². The Labute approximate surface area is 192 Å². The van der Waals surface area contributed by atoms with Gasteiger partial charge in [-0.3, -0.25) is 0 Å². The van der Waals surface area contributed by atoms with E-state index in [-0.39, 0.29) is 39.8 Å². The molecule has 0 unspecified atom stereocenters. The predicted molar refractivity (Wildman–Crippen MR) is 130 cm³/mol. The molecule has 0 radical (unpaired) electrons. The number of aromatic hydroxyl groups is 2. The highest BCUT2D eigenvalue weighted by atomic mass is 16.3. The molecule has 0 amide bonds. The second-order valence-electron chi connectivity index (χ2n) is 12.9. The minimum Gasteiger partial charge on any atom is -0.504 e. The van der Waals surface area contributed by atoms with Crippen LogP contribution in [0, 0.1) is 27.6 Å².